The van der Waals surface area contributed by atoms with Crippen molar-refractivity contribution < 1.29 is 23.7 Å². The van der Waals surface area contributed by atoms with Gasteiger partial charge in [-0.3, -0.25) is 9.59 Å². The van der Waals surface area contributed by atoms with E-state index in [4.69, 9.17) is 15.9 Å². The highest BCUT2D eigenvalue weighted by atomic mass is 32.2. The number of carboxylic acid groups (broad SMARTS) is 2. The summed E-state index contributed by atoms with van der Waals surface area (Å²) in [6.45, 7) is 0. The lowest BCUT2D eigenvalue weighted by Crippen LogP contribution is -2.30. The molecule has 88 valence electrons. The number of hydrogen-bond donors (Lipinski definition) is 3. The van der Waals surface area contributed by atoms with Crippen LogP contribution in [0.25, 0.3) is 0 Å². The molecule has 0 aromatic carbocycles. The second-order valence-corrected chi connectivity index (χ2v) is 4.01. The molecule has 0 aliphatic heterocycles. The maximum absolute atomic E-state index is 12.3. The van der Waals surface area contributed by atoms with Crippen LogP contribution in [0.15, 0.2) is 0 Å². The molecule has 4 N–H and O–H groups in total. The van der Waals surface area contributed by atoms with Crippen LogP contribution in [0.1, 0.15) is 25.7 Å². The van der Waals surface area contributed by atoms with Crippen molar-refractivity contribution in [3.63, 3.8) is 0 Å². The highest BCUT2D eigenvalue weighted by Crippen LogP contribution is 2.22. The molecule has 5 nitrogen and oxygen atoms in total. The van der Waals surface area contributed by atoms with E-state index in [1.165, 1.54) is 0 Å². The Kier molecular flexibility index (Phi) is 7.06. The number of aliphatic carboxylic acids is 2. The van der Waals surface area contributed by atoms with Crippen LogP contribution in [-0.4, -0.2) is 33.4 Å². The van der Waals surface area contributed by atoms with Gasteiger partial charge in [-0.15, -0.1) is 0 Å². The summed E-state index contributed by atoms with van der Waals surface area (Å²) in [6.07, 6.45) is 0.477. The Hall–Kier alpha value is -0.820. The molecule has 0 saturated carbocycles. The van der Waals surface area contributed by atoms with Crippen LogP contribution in [0.4, 0.5) is 3.89 Å². The van der Waals surface area contributed by atoms with Gasteiger partial charge in [0.25, 0.3) is 0 Å². The average Bonchev–Trinajstić information content (AvgIpc) is 2.17. The summed E-state index contributed by atoms with van der Waals surface area (Å²) in [4.78, 5) is 20.6. The first kappa shape index (κ1) is 14.2. The molecule has 0 radical (unpaired) electrons. The topological polar surface area (TPSA) is 101 Å². The third-order valence-electron chi connectivity index (χ3n) is 1.92. The number of halogens is 1. The molecular formula is C8H14FNO4S. The minimum atomic E-state index is -1.13. The molecular weight excluding hydrogens is 225 g/mol. The Morgan fingerprint density at radius 3 is 2.27 bits per heavy atom. The summed E-state index contributed by atoms with van der Waals surface area (Å²) in [5.41, 5.74) is 5.23. The van der Waals surface area contributed by atoms with Crippen LogP contribution < -0.4 is 5.73 Å². The first-order chi connectivity index (χ1) is 6.97. The molecule has 2 unspecified atom stereocenters. The zero-order valence-electron chi connectivity index (χ0n) is 8.06. The lowest BCUT2D eigenvalue weighted by molar-refractivity contribution is -0.139. The van der Waals surface area contributed by atoms with E-state index in [0.717, 1.165) is 0 Å². The van der Waals surface area contributed by atoms with Crippen LogP contribution >= 0.6 is 12.1 Å². The van der Waals surface area contributed by atoms with Crippen molar-refractivity contribution in [1.29, 1.82) is 0 Å². The summed E-state index contributed by atoms with van der Waals surface area (Å²) in [5.74, 6) is -2.12. The standard InChI is InChI=1S/C8H14FNO4S/c9-15-5(2-4-7(11)12)1-3-6(10)8(13)14/h5-6H,1-4,10H2,(H,11,12)(H,13,14). The van der Waals surface area contributed by atoms with Crippen molar-refractivity contribution in [2.75, 3.05) is 0 Å². The first-order valence-corrected chi connectivity index (χ1v) is 5.23. The number of nitrogens with two attached hydrogens (primary N) is 1. The summed E-state index contributed by atoms with van der Waals surface area (Å²) < 4.78 is 12.3. The Morgan fingerprint density at radius 1 is 1.27 bits per heavy atom. The Labute approximate surface area is 91.1 Å². The largest absolute Gasteiger partial charge is 0.481 e. The molecule has 0 spiro atoms. The van der Waals surface area contributed by atoms with Crippen LogP contribution in [-0.2, 0) is 9.59 Å². The highest BCUT2D eigenvalue weighted by Gasteiger charge is 2.17. The van der Waals surface area contributed by atoms with Gasteiger partial charge in [0.15, 0.2) is 0 Å². The molecule has 0 bridgehead atoms. The zero-order valence-corrected chi connectivity index (χ0v) is 8.87. The number of carboxylic acids is 2. The Morgan fingerprint density at radius 2 is 1.87 bits per heavy atom. The minimum Gasteiger partial charge on any atom is -0.481 e. The normalized spacial score (nSPS) is 14.5. The maximum Gasteiger partial charge on any atom is 0.320 e. The molecule has 0 aliphatic carbocycles. The fraction of sp³-hybridized carbons (Fsp3) is 0.750. The highest BCUT2D eigenvalue weighted by molar-refractivity contribution is 7.94. The molecule has 0 fully saturated rings. The van der Waals surface area contributed by atoms with Gasteiger partial charge >= 0.3 is 11.9 Å². The molecule has 0 saturated heterocycles. The van der Waals surface area contributed by atoms with Crippen molar-refractivity contribution in [2.24, 2.45) is 5.73 Å². The van der Waals surface area contributed by atoms with Gasteiger partial charge in [0.05, 0.1) is 0 Å². The lowest BCUT2D eigenvalue weighted by atomic mass is 10.1. The van der Waals surface area contributed by atoms with Crippen molar-refractivity contribution in [1.82, 2.24) is 0 Å². The Balaban J connectivity index is 3.79. The van der Waals surface area contributed by atoms with E-state index in [2.05, 4.69) is 0 Å². The maximum atomic E-state index is 12.3. The van der Waals surface area contributed by atoms with E-state index in [9.17, 15) is 13.5 Å². The quantitative estimate of drug-likeness (QED) is 0.585. The fourth-order valence-corrected chi connectivity index (χ4v) is 1.44. The van der Waals surface area contributed by atoms with Gasteiger partial charge in [0, 0.05) is 23.8 Å². The van der Waals surface area contributed by atoms with E-state index < -0.39 is 23.2 Å². The minimum absolute atomic E-state index is 0.0538. The van der Waals surface area contributed by atoms with Gasteiger partial charge in [0.2, 0.25) is 0 Å². The SMILES string of the molecule is NC(CCC(CCC(=O)O)SF)C(=O)O. The van der Waals surface area contributed by atoms with Crippen molar-refractivity contribution in [3.8, 4) is 0 Å². The average molecular weight is 239 g/mol. The monoisotopic (exact) mass is 239 g/mol. The second kappa shape index (κ2) is 7.47. The fourth-order valence-electron chi connectivity index (χ4n) is 1.01. The van der Waals surface area contributed by atoms with Gasteiger partial charge in [0.1, 0.15) is 6.04 Å². The van der Waals surface area contributed by atoms with Crippen molar-refractivity contribution in [3.05, 3.63) is 0 Å². The molecule has 0 heterocycles. The third-order valence-corrected chi connectivity index (χ3v) is 2.65. The zero-order chi connectivity index (χ0) is 11.8. The van der Waals surface area contributed by atoms with Crippen molar-refractivity contribution >= 4 is 24.1 Å². The molecule has 0 rings (SSSR count). The molecule has 0 aliphatic rings. The van der Waals surface area contributed by atoms with Crippen LogP contribution in [0.5, 0.6) is 0 Å². The van der Waals surface area contributed by atoms with Crippen LogP contribution in [0.2, 0.25) is 0 Å². The summed E-state index contributed by atoms with van der Waals surface area (Å²) in [6, 6.07) is -1.01. The number of rotatable bonds is 8. The molecule has 7 heteroatoms. The van der Waals surface area contributed by atoms with E-state index in [1.54, 1.807) is 0 Å². The third kappa shape index (κ3) is 7.15. The van der Waals surface area contributed by atoms with Gasteiger partial charge in [-0.05, 0) is 19.3 Å². The summed E-state index contributed by atoms with van der Waals surface area (Å²) >= 11 is 0.0538. The molecule has 0 aromatic heterocycles. The van der Waals surface area contributed by atoms with Gasteiger partial charge in [-0.1, -0.05) is 0 Å². The smallest absolute Gasteiger partial charge is 0.320 e. The van der Waals surface area contributed by atoms with E-state index in [-0.39, 0.29) is 37.8 Å². The van der Waals surface area contributed by atoms with Crippen molar-refractivity contribution in [2.45, 2.75) is 37.0 Å². The molecule has 2 atom stereocenters. The number of carbonyl (C=O) groups is 2. The first-order valence-electron chi connectivity index (χ1n) is 4.45. The second-order valence-electron chi connectivity index (χ2n) is 3.17. The van der Waals surface area contributed by atoms with Gasteiger partial charge in [-0.25, -0.2) is 0 Å². The van der Waals surface area contributed by atoms with Gasteiger partial charge < -0.3 is 15.9 Å². The van der Waals surface area contributed by atoms with E-state index in [0.29, 0.717) is 0 Å². The predicted molar refractivity (Wildman–Crippen MR) is 54.2 cm³/mol. The molecule has 0 aromatic rings. The number of hydrogen-bond acceptors (Lipinski definition) is 4. The Bertz CT molecular complexity index is 227. The van der Waals surface area contributed by atoms with Crippen LogP contribution in [0.3, 0.4) is 0 Å². The van der Waals surface area contributed by atoms with E-state index >= 15 is 0 Å². The summed E-state index contributed by atoms with van der Waals surface area (Å²) in [5, 5.41) is 16.3. The molecule has 0 amide bonds. The van der Waals surface area contributed by atoms with E-state index in [1.807, 2.05) is 0 Å². The van der Waals surface area contributed by atoms with Crippen LogP contribution in [0, 0.1) is 0 Å². The summed E-state index contributed by atoms with van der Waals surface area (Å²) in [7, 11) is 0. The lowest BCUT2D eigenvalue weighted by Gasteiger charge is -2.12. The predicted octanol–water partition coefficient (Wildman–Crippen LogP) is 1.03. The molecule has 15 heavy (non-hydrogen) atoms. The van der Waals surface area contributed by atoms with Gasteiger partial charge in [-0.2, -0.15) is 3.89 Å².